The molecule has 2 aromatic rings. The Morgan fingerprint density at radius 3 is 1.74 bits per heavy atom. The molecule has 0 aliphatic rings. The molecule has 0 atom stereocenters. The molecule has 0 N–H and O–H groups in total. The highest BCUT2D eigenvalue weighted by molar-refractivity contribution is 7.80. The van der Waals surface area contributed by atoms with Gasteiger partial charge in [-0.1, -0.05) is 0 Å². The normalized spacial score (nSPS) is 8.89. The van der Waals surface area contributed by atoms with Gasteiger partial charge in [-0.3, -0.25) is 10.1 Å². The van der Waals surface area contributed by atoms with Crippen molar-refractivity contribution in [1.82, 2.24) is 0 Å². The Morgan fingerprint density at radius 1 is 0.947 bits per heavy atom. The maximum atomic E-state index is 10.1. The lowest BCUT2D eigenvalue weighted by Gasteiger charge is -1.89. The van der Waals surface area contributed by atoms with E-state index >= 15 is 0 Å². The largest absolute Gasteiger partial charge is 0.269 e. The summed E-state index contributed by atoms with van der Waals surface area (Å²) in [6, 6.07) is 15.1. The van der Waals surface area contributed by atoms with Crippen LogP contribution in [0.2, 0.25) is 0 Å². The van der Waals surface area contributed by atoms with Crippen LogP contribution in [0.3, 0.4) is 0 Å². The number of hydrogen-bond donors (Lipinski definition) is 2. The lowest BCUT2D eigenvalue weighted by molar-refractivity contribution is -0.384. The van der Waals surface area contributed by atoms with Crippen LogP contribution in [0.25, 0.3) is 0 Å². The first kappa shape index (κ1) is 15.1. The molecule has 0 unspecified atom stereocenters. The average molecular weight is 290 g/mol. The number of nitro benzene ring substituents is 1. The molecule has 4 nitrogen and oxygen atoms in total. The minimum atomic E-state index is -0.437. The van der Waals surface area contributed by atoms with E-state index < -0.39 is 4.92 Å². The number of nitrogens with zero attached hydrogens (tertiary/aromatic N) is 2. The predicted octanol–water partition coefficient (Wildman–Crippen LogP) is 3.73. The molecule has 0 saturated heterocycles. The van der Waals surface area contributed by atoms with E-state index in [1.807, 2.05) is 6.07 Å². The van der Waals surface area contributed by atoms with Gasteiger partial charge in [-0.25, -0.2) is 0 Å². The number of rotatable bonds is 1. The topological polar surface area (TPSA) is 66.9 Å². The Bertz CT molecular complexity index is 590. The quantitative estimate of drug-likeness (QED) is 0.478. The zero-order valence-electron chi connectivity index (χ0n) is 9.72. The second-order valence-corrected chi connectivity index (χ2v) is 4.46. The van der Waals surface area contributed by atoms with E-state index in [9.17, 15) is 10.1 Å². The molecule has 96 valence electrons. The van der Waals surface area contributed by atoms with Gasteiger partial charge in [0.2, 0.25) is 0 Å². The Balaban J connectivity index is 0.000000191. The molecule has 6 heteroatoms. The Labute approximate surface area is 121 Å². The van der Waals surface area contributed by atoms with E-state index in [-0.39, 0.29) is 5.69 Å². The molecule has 0 saturated carbocycles. The van der Waals surface area contributed by atoms with E-state index in [2.05, 4.69) is 25.3 Å². The van der Waals surface area contributed by atoms with Gasteiger partial charge < -0.3 is 0 Å². The van der Waals surface area contributed by atoms with Crippen LogP contribution >= 0.6 is 25.3 Å². The molecule has 0 fully saturated rings. The summed E-state index contributed by atoms with van der Waals surface area (Å²) < 4.78 is 0. The fraction of sp³-hybridized carbons (Fsp3) is 0. The molecule has 0 bridgehead atoms. The van der Waals surface area contributed by atoms with Gasteiger partial charge >= 0.3 is 0 Å². The van der Waals surface area contributed by atoms with Gasteiger partial charge in [0.1, 0.15) is 0 Å². The van der Waals surface area contributed by atoms with Crippen molar-refractivity contribution in [3.05, 3.63) is 64.2 Å². The van der Waals surface area contributed by atoms with Crippen molar-refractivity contribution in [1.29, 1.82) is 5.26 Å². The van der Waals surface area contributed by atoms with Crippen molar-refractivity contribution >= 4 is 30.9 Å². The van der Waals surface area contributed by atoms with Crippen LogP contribution in [-0.2, 0) is 0 Å². The number of nitro groups is 1. The minimum Gasteiger partial charge on any atom is -0.258 e. The van der Waals surface area contributed by atoms with Crippen molar-refractivity contribution in [2.75, 3.05) is 0 Å². The molecule has 0 aromatic heterocycles. The monoisotopic (exact) mass is 290 g/mol. The Kier molecular flexibility index (Phi) is 5.93. The van der Waals surface area contributed by atoms with Crippen molar-refractivity contribution in [3.63, 3.8) is 0 Å². The van der Waals surface area contributed by atoms with Crippen LogP contribution in [0.1, 0.15) is 5.56 Å². The Hall–Kier alpha value is -1.97. The number of nitriles is 1. The summed E-state index contributed by atoms with van der Waals surface area (Å²) in [6.07, 6.45) is 0. The second-order valence-electron chi connectivity index (χ2n) is 3.43. The van der Waals surface area contributed by atoms with Crippen molar-refractivity contribution in [2.24, 2.45) is 0 Å². The molecule has 0 radical (unpaired) electrons. The molecule has 0 amide bonds. The number of non-ortho nitro benzene ring substituents is 1. The van der Waals surface area contributed by atoms with E-state index in [0.29, 0.717) is 5.56 Å². The van der Waals surface area contributed by atoms with Crippen LogP contribution in [-0.4, -0.2) is 4.92 Å². The highest BCUT2D eigenvalue weighted by Crippen LogP contribution is 2.13. The molecule has 19 heavy (non-hydrogen) atoms. The first-order valence-electron chi connectivity index (χ1n) is 5.15. The zero-order valence-corrected chi connectivity index (χ0v) is 11.5. The molecule has 0 aliphatic carbocycles. The summed E-state index contributed by atoms with van der Waals surface area (Å²) in [5.74, 6) is 0. The summed E-state index contributed by atoms with van der Waals surface area (Å²) in [4.78, 5) is 11.3. The lowest BCUT2D eigenvalue weighted by atomic mass is 10.2. The van der Waals surface area contributed by atoms with Gasteiger partial charge in [-0.15, -0.1) is 25.3 Å². The number of benzene rings is 2. The average Bonchev–Trinajstić information content (AvgIpc) is 2.41. The third-order valence-corrected chi connectivity index (χ3v) is 2.65. The zero-order chi connectivity index (χ0) is 14.3. The standard InChI is InChI=1S/C7H5NS.C6H5NO2S/c8-5-6-1-3-7(9)4-2-6;8-7(9)5-1-3-6(10)4-2-5/h1-4,9H;1-4,10H. The summed E-state index contributed by atoms with van der Waals surface area (Å²) in [5.41, 5.74) is 0.769. The van der Waals surface area contributed by atoms with E-state index in [0.717, 1.165) is 9.79 Å². The van der Waals surface area contributed by atoms with E-state index in [1.165, 1.54) is 12.1 Å². The van der Waals surface area contributed by atoms with Gasteiger partial charge in [0.15, 0.2) is 0 Å². The molecule has 0 spiro atoms. The number of thiol groups is 2. The highest BCUT2D eigenvalue weighted by atomic mass is 32.1. The van der Waals surface area contributed by atoms with Crippen LogP contribution in [0.5, 0.6) is 0 Å². The molecule has 2 rings (SSSR count). The third kappa shape index (κ3) is 5.46. The highest BCUT2D eigenvalue weighted by Gasteiger charge is 2.00. The first-order chi connectivity index (χ1) is 9.02. The molecule has 0 aliphatic heterocycles. The van der Waals surface area contributed by atoms with Crippen molar-refractivity contribution < 1.29 is 4.92 Å². The predicted molar refractivity (Wildman–Crippen MR) is 78.8 cm³/mol. The maximum Gasteiger partial charge on any atom is 0.269 e. The van der Waals surface area contributed by atoms with E-state index in [4.69, 9.17) is 5.26 Å². The third-order valence-electron chi connectivity index (χ3n) is 2.06. The van der Waals surface area contributed by atoms with Crippen LogP contribution in [0.15, 0.2) is 58.3 Å². The summed E-state index contributed by atoms with van der Waals surface area (Å²) in [7, 11) is 0. The molecular formula is C13H10N2O2S2. The lowest BCUT2D eigenvalue weighted by Crippen LogP contribution is -1.85. The summed E-state index contributed by atoms with van der Waals surface area (Å²) in [5, 5.41) is 18.4. The van der Waals surface area contributed by atoms with Crippen molar-refractivity contribution in [2.45, 2.75) is 9.79 Å². The maximum absolute atomic E-state index is 10.1. The first-order valence-corrected chi connectivity index (χ1v) is 6.05. The molecular weight excluding hydrogens is 280 g/mol. The van der Waals surface area contributed by atoms with Gasteiger partial charge in [0.05, 0.1) is 16.6 Å². The van der Waals surface area contributed by atoms with Crippen molar-refractivity contribution in [3.8, 4) is 6.07 Å². The van der Waals surface area contributed by atoms with Gasteiger partial charge in [-0.2, -0.15) is 5.26 Å². The summed E-state index contributed by atoms with van der Waals surface area (Å²) >= 11 is 8.04. The van der Waals surface area contributed by atoms with Gasteiger partial charge in [0, 0.05) is 21.9 Å². The fourth-order valence-electron chi connectivity index (χ4n) is 1.11. The summed E-state index contributed by atoms with van der Waals surface area (Å²) in [6.45, 7) is 0. The minimum absolute atomic E-state index is 0.0952. The Morgan fingerprint density at radius 2 is 1.37 bits per heavy atom. The molecule has 0 heterocycles. The second kappa shape index (κ2) is 7.46. The fourth-order valence-corrected chi connectivity index (χ4v) is 1.41. The number of hydrogen-bond acceptors (Lipinski definition) is 5. The van der Waals surface area contributed by atoms with Gasteiger partial charge in [-0.05, 0) is 36.4 Å². The SMILES string of the molecule is N#Cc1ccc(S)cc1.O=[N+]([O-])c1ccc(S)cc1. The van der Waals surface area contributed by atoms with Crippen LogP contribution < -0.4 is 0 Å². The van der Waals surface area contributed by atoms with E-state index in [1.54, 1.807) is 36.4 Å². The smallest absolute Gasteiger partial charge is 0.258 e. The van der Waals surface area contributed by atoms with Crippen LogP contribution in [0, 0.1) is 21.4 Å². The molecule has 2 aromatic carbocycles. The van der Waals surface area contributed by atoms with Crippen LogP contribution in [0.4, 0.5) is 5.69 Å². The van der Waals surface area contributed by atoms with Gasteiger partial charge in [0.25, 0.3) is 5.69 Å².